The molecule has 0 aromatic carbocycles. The van der Waals surface area contributed by atoms with E-state index in [9.17, 15) is 18.0 Å². The van der Waals surface area contributed by atoms with E-state index in [1.165, 1.54) is 4.90 Å². The van der Waals surface area contributed by atoms with Crippen molar-refractivity contribution >= 4 is 22.2 Å². The van der Waals surface area contributed by atoms with Crippen molar-refractivity contribution in [3.8, 4) is 0 Å². The summed E-state index contributed by atoms with van der Waals surface area (Å²) in [6.45, 7) is 1.84. The fraction of sp³-hybridized carbons (Fsp3) is 0.833. The molecule has 22 heavy (non-hydrogen) atoms. The van der Waals surface area contributed by atoms with Crippen LogP contribution in [0.5, 0.6) is 0 Å². The molecular weight excluding hydrogens is 312 g/mol. The first-order chi connectivity index (χ1) is 10.4. The maximum atomic E-state index is 12.4. The van der Waals surface area contributed by atoms with Crippen LogP contribution in [0, 0.1) is 0 Å². The summed E-state index contributed by atoms with van der Waals surface area (Å²) in [6, 6.07) is -1.96. The van der Waals surface area contributed by atoms with Gasteiger partial charge in [0.25, 0.3) is 0 Å². The number of carbonyl (C=O) groups excluding carboxylic acids is 2. The van der Waals surface area contributed by atoms with Gasteiger partial charge in [0, 0.05) is 12.6 Å². The van der Waals surface area contributed by atoms with Gasteiger partial charge >= 0.3 is 16.3 Å². The van der Waals surface area contributed by atoms with E-state index in [1.54, 1.807) is 0 Å². The largest absolute Gasteiger partial charge is 0.363 e. The van der Waals surface area contributed by atoms with Crippen molar-refractivity contribution in [1.29, 1.82) is 0 Å². The molecule has 0 saturated carbocycles. The lowest BCUT2D eigenvalue weighted by atomic mass is 9.99. The Morgan fingerprint density at radius 1 is 1.23 bits per heavy atom. The number of carbonyl (C=O) groups is 2. The zero-order valence-corrected chi connectivity index (χ0v) is 12.9. The van der Waals surface area contributed by atoms with E-state index in [2.05, 4.69) is 10.6 Å². The highest BCUT2D eigenvalue weighted by Gasteiger charge is 2.51. The van der Waals surface area contributed by atoms with Gasteiger partial charge in [-0.3, -0.25) is 9.35 Å². The Morgan fingerprint density at radius 3 is 2.55 bits per heavy atom. The molecule has 9 nitrogen and oxygen atoms in total. The van der Waals surface area contributed by atoms with E-state index in [-0.39, 0.29) is 18.5 Å². The van der Waals surface area contributed by atoms with Crippen LogP contribution in [-0.4, -0.2) is 71.9 Å². The molecule has 2 atom stereocenters. The second kappa shape index (κ2) is 5.67. The standard InChI is InChI=1S/C12H20N4O5S/c17-11(14-8-3-5-13-6-4-8)10-2-1-9-7-15(10)12(18)16(9)22(19,20)21/h8-10,13H,1-7H2,(H,14,17)(H,19,20,21)/t9?,10-/m0/s1. The lowest BCUT2D eigenvalue weighted by Gasteiger charge is -2.32. The van der Waals surface area contributed by atoms with Gasteiger partial charge < -0.3 is 15.5 Å². The van der Waals surface area contributed by atoms with Gasteiger partial charge in [-0.1, -0.05) is 0 Å². The molecule has 3 N–H and O–H groups in total. The lowest BCUT2D eigenvalue weighted by molar-refractivity contribution is -0.126. The van der Waals surface area contributed by atoms with Crippen LogP contribution in [0.2, 0.25) is 0 Å². The third-order valence-electron chi connectivity index (χ3n) is 4.56. The molecule has 0 aromatic rings. The fourth-order valence-corrected chi connectivity index (χ4v) is 4.31. The zero-order chi connectivity index (χ0) is 15.9. The Bertz CT molecular complexity index is 574. The zero-order valence-electron chi connectivity index (χ0n) is 12.1. The van der Waals surface area contributed by atoms with Gasteiger partial charge in [-0.25, -0.2) is 4.79 Å². The highest BCUT2D eigenvalue weighted by molar-refractivity contribution is 7.84. The van der Waals surface area contributed by atoms with Crippen molar-refractivity contribution < 1.29 is 22.6 Å². The summed E-state index contributed by atoms with van der Waals surface area (Å²) in [4.78, 5) is 25.8. The van der Waals surface area contributed by atoms with E-state index in [1.807, 2.05) is 0 Å². The Kier molecular flexibility index (Phi) is 4.00. The van der Waals surface area contributed by atoms with Gasteiger partial charge in [0.05, 0.1) is 6.04 Å². The summed E-state index contributed by atoms with van der Waals surface area (Å²) in [5, 5.41) is 6.15. The van der Waals surface area contributed by atoms with Gasteiger partial charge in [-0.2, -0.15) is 12.7 Å². The number of nitrogens with one attached hydrogen (secondary N) is 2. The molecule has 3 aliphatic heterocycles. The predicted molar refractivity (Wildman–Crippen MR) is 76.3 cm³/mol. The minimum atomic E-state index is -4.58. The highest BCUT2D eigenvalue weighted by atomic mass is 32.2. The van der Waals surface area contributed by atoms with Crippen molar-refractivity contribution in [3.05, 3.63) is 0 Å². The topological polar surface area (TPSA) is 119 Å². The number of urea groups is 1. The van der Waals surface area contributed by atoms with Gasteiger partial charge in [-0.05, 0) is 38.8 Å². The van der Waals surface area contributed by atoms with Gasteiger partial charge in [0.1, 0.15) is 6.04 Å². The van der Waals surface area contributed by atoms with Crippen LogP contribution in [0.1, 0.15) is 25.7 Å². The molecule has 3 aliphatic rings. The average molecular weight is 332 g/mol. The molecule has 0 radical (unpaired) electrons. The lowest BCUT2D eigenvalue weighted by Crippen LogP contribution is -2.53. The molecule has 124 valence electrons. The molecule has 1 unspecified atom stereocenters. The Hall–Kier alpha value is -1.39. The van der Waals surface area contributed by atoms with Crippen molar-refractivity contribution in [1.82, 2.24) is 19.8 Å². The number of amides is 3. The second-order valence-corrected chi connectivity index (χ2v) is 7.28. The predicted octanol–water partition coefficient (Wildman–Crippen LogP) is -1.07. The molecule has 3 rings (SSSR count). The summed E-state index contributed by atoms with van der Waals surface area (Å²) in [5.74, 6) is -0.240. The van der Waals surface area contributed by atoms with Crippen LogP contribution in [0.25, 0.3) is 0 Å². The van der Waals surface area contributed by atoms with Gasteiger partial charge in [0.2, 0.25) is 5.91 Å². The fourth-order valence-electron chi connectivity index (χ4n) is 3.46. The van der Waals surface area contributed by atoms with Crippen LogP contribution in [0.15, 0.2) is 0 Å². The molecule has 3 heterocycles. The highest BCUT2D eigenvalue weighted by Crippen LogP contribution is 2.31. The summed E-state index contributed by atoms with van der Waals surface area (Å²) in [6.07, 6.45) is 2.46. The minimum absolute atomic E-state index is 0.0851. The summed E-state index contributed by atoms with van der Waals surface area (Å²) >= 11 is 0. The number of fused-ring (bicyclic) bond motifs is 2. The van der Waals surface area contributed by atoms with Crippen LogP contribution in [0.4, 0.5) is 4.79 Å². The third-order valence-corrected chi connectivity index (χ3v) is 5.51. The summed E-state index contributed by atoms with van der Waals surface area (Å²) < 4.78 is 32.3. The van der Waals surface area contributed by atoms with E-state index >= 15 is 0 Å². The number of rotatable bonds is 3. The first-order valence-corrected chi connectivity index (χ1v) is 8.86. The SMILES string of the molecule is O=C(NC1CCNCC1)[C@@H]1CCC2CN1C(=O)N2S(=O)(=O)O. The van der Waals surface area contributed by atoms with E-state index in [0.29, 0.717) is 17.1 Å². The van der Waals surface area contributed by atoms with Gasteiger partial charge in [-0.15, -0.1) is 0 Å². The maximum absolute atomic E-state index is 12.4. The van der Waals surface area contributed by atoms with Crippen molar-refractivity contribution in [3.63, 3.8) is 0 Å². The van der Waals surface area contributed by atoms with Gasteiger partial charge in [0.15, 0.2) is 0 Å². The molecule has 3 saturated heterocycles. The molecule has 3 fully saturated rings. The van der Waals surface area contributed by atoms with Crippen molar-refractivity contribution in [2.75, 3.05) is 19.6 Å². The van der Waals surface area contributed by atoms with E-state index < -0.39 is 28.4 Å². The molecule has 0 spiro atoms. The minimum Gasteiger partial charge on any atom is -0.351 e. The maximum Gasteiger partial charge on any atom is 0.363 e. The second-order valence-electron chi connectivity index (χ2n) is 5.99. The average Bonchev–Trinajstić information content (AvgIpc) is 2.71. The molecule has 0 aromatic heterocycles. The number of piperidine rings is 2. The normalized spacial score (nSPS) is 29.8. The number of hydrogen-bond acceptors (Lipinski definition) is 5. The quantitative estimate of drug-likeness (QED) is 0.566. The van der Waals surface area contributed by atoms with Crippen LogP contribution in [0.3, 0.4) is 0 Å². The summed E-state index contributed by atoms with van der Waals surface area (Å²) in [5.41, 5.74) is 0. The molecular formula is C12H20N4O5S. The molecule has 3 amide bonds. The van der Waals surface area contributed by atoms with Crippen molar-refractivity contribution in [2.24, 2.45) is 0 Å². The van der Waals surface area contributed by atoms with E-state index in [0.717, 1.165) is 25.9 Å². The molecule has 10 heteroatoms. The first kappa shape index (κ1) is 15.5. The van der Waals surface area contributed by atoms with Crippen molar-refractivity contribution in [2.45, 2.75) is 43.8 Å². The monoisotopic (exact) mass is 332 g/mol. The van der Waals surface area contributed by atoms with E-state index in [4.69, 9.17) is 4.55 Å². The van der Waals surface area contributed by atoms with Crippen LogP contribution in [-0.2, 0) is 15.1 Å². The van der Waals surface area contributed by atoms with Crippen LogP contribution < -0.4 is 10.6 Å². The third kappa shape index (κ3) is 2.77. The number of nitrogens with zero attached hydrogens (tertiary/aromatic N) is 2. The smallest absolute Gasteiger partial charge is 0.351 e. The Labute approximate surface area is 128 Å². The Balaban J connectivity index is 1.69. The number of hydrogen-bond donors (Lipinski definition) is 3. The van der Waals surface area contributed by atoms with Crippen LogP contribution >= 0.6 is 0 Å². The molecule has 0 aliphatic carbocycles. The Morgan fingerprint density at radius 2 is 1.91 bits per heavy atom. The first-order valence-electron chi connectivity index (χ1n) is 7.46. The summed E-state index contributed by atoms with van der Waals surface area (Å²) in [7, 11) is -4.58. The molecule has 2 bridgehead atoms.